The van der Waals surface area contributed by atoms with E-state index in [0.29, 0.717) is 19.3 Å². The minimum atomic E-state index is -4.93. The fourth-order valence-electron chi connectivity index (χ4n) is 10.3. The van der Waals surface area contributed by atoms with E-state index in [4.69, 9.17) is 32.3 Å². The van der Waals surface area contributed by atoms with Gasteiger partial charge in [0.05, 0.1) is 26.4 Å². The number of aliphatic hydroxyl groups is 2. The van der Waals surface area contributed by atoms with Gasteiger partial charge >= 0.3 is 33.6 Å². The van der Waals surface area contributed by atoms with Crippen LogP contribution in [0.5, 0.6) is 0 Å². The van der Waals surface area contributed by atoms with E-state index >= 15 is 0 Å². The first-order valence-electron chi connectivity index (χ1n) is 38.8. The molecule has 4 N–H and O–H groups in total. The zero-order valence-corrected chi connectivity index (χ0v) is 63.9. The maximum atomic E-state index is 12.9. The number of esters is 3. The van der Waals surface area contributed by atoms with Crippen LogP contribution in [0.1, 0.15) is 316 Å². The smallest absolute Gasteiger partial charge is 0.463 e. The molecule has 0 rings (SSSR count). The van der Waals surface area contributed by atoms with Gasteiger partial charge in [-0.15, -0.1) is 0 Å². The molecule has 5 unspecified atom stereocenters. The van der Waals surface area contributed by atoms with Gasteiger partial charge in [-0.1, -0.05) is 296 Å². The molecule has 0 saturated carbocycles. The normalized spacial score (nSPS) is 14.7. The lowest BCUT2D eigenvalue weighted by molar-refractivity contribution is -0.161. The molecule has 0 saturated heterocycles. The molecule has 0 aromatic heterocycles. The van der Waals surface area contributed by atoms with E-state index in [2.05, 4.69) is 142 Å². The average Bonchev–Trinajstić information content (AvgIpc) is 1.19. The first-order valence-corrected chi connectivity index (χ1v) is 41.8. The van der Waals surface area contributed by atoms with Crippen LogP contribution >= 0.6 is 15.6 Å². The second-order valence-corrected chi connectivity index (χ2v) is 28.7. The zero-order valence-electron chi connectivity index (χ0n) is 62.1. The minimum Gasteiger partial charge on any atom is -0.463 e. The molecule has 0 heterocycles. The van der Waals surface area contributed by atoms with Crippen LogP contribution in [-0.4, -0.2) is 95.9 Å². The number of allylic oxidation sites excluding steroid dienone is 20. The SMILES string of the molecule is CC/C=C\C/C=C\C/C=C\C/C=C\C/C=C\C/C=C\CCCCCCCCCCCCCCCCCCC(=O)OCC(O)COP(=O)(O)OCC(O)COP(=O)(O)OCC(COC(=O)CCCCCCCCC/C=C\C/C=C\C/C=C\CC)OC(=O)CCCCCCC/C=C\CCCC. The maximum absolute atomic E-state index is 12.9. The summed E-state index contributed by atoms with van der Waals surface area (Å²) in [4.78, 5) is 58.4. The van der Waals surface area contributed by atoms with Gasteiger partial charge in [0.1, 0.15) is 25.4 Å². The monoisotopic (exact) mass is 1430 g/mol. The number of carbonyl (C=O) groups excluding carboxylic acids is 3. The van der Waals surface area contributed by atoms with Gasteiger partial charge in [-0.05, 0) is 122 Å². The number of phosphoric acid groups is 2. The molecule has 0 aromatic rings. The Kier molecular flexibility index (Phi) is 70.7. The summed E-state index contributed by atoms with van der Waals surface area (Å²) in [5, 5.41) is 20.6. The Morgan fingerprint density at radius 1 is 0.293 bits per heavy atom. The van der Waals surface area contributed by atoms with Gasteiger partial charge < -0.3 is 34.2 Å². The van der Waals surface area contributed by atoms with Gasteiger partial charge in [0.25, 0.3) is 0 Å². The van der Waals surface area contributed by atoms with Crippen LogP contribution in [0.15, 0.2) is 122 Å². The number of phosphoric ester groups is 2. The Balaban J connectivity index is 4.31. The van der Waals surface area contributed by atoms with E-state index in [1.807, 2.05) is 0 Å². The largest absolute Gasteiger partial charge is 0.472 e. The third-order valence-electron chi connectivity index (χ3n) is 16.2. The molecule has 0 radical (unpaired) electrons. The van der Waals surface area contributed by atoms with Gasteiger partial charge in [-0.2, -0.15) is 0 Å². The number of carbonyl (C=O) groups is 3. The van der Waals surface area contributed by atoms with E-state index < -0.39 is 91.5 Å². The summed E-state index contributed by atoms with van der Waals surface area (Å²) in [7, 11) is -9.78. The molecule has 0 aliphatic carbocycles. The van der Waals surface area contributed by atoms with E-state index in [0.717, 1.165) is 161 Å². The molecule has 0 aliphatic rings. The Morgan fingerprint density at radius 2 is 0.535 bits per heavy atom. The van der Waals surface area contributed by atoms with E-state index in [9.17, 15) is 43.5 Å². The predicted octanol–water partition coefficient (Wildman–Crippen LogP) is 22.5. The van der Waals surface area contributed by atoms with Gasteiger partial charge in [0.2, 0.25) is 0 Å². The second-order valence-electron chi connectivity index (χ2n) is 25.7. The first kappa shape index (κ1) is 94.9. The molecule has 0 bridgehead atoms. The van der Waals surface area contributed by atoms with Crippen molar-refractivity contribution in [2.75, 3.05) is 39.6 Å². The minimum absolute atomic E-state index is 0.0915. The quantitative estimate of drug-likeness (QED) is 0.0146. The van der Waals surface area contributed by atoms with Crippen molar-refractivity contribution in [2.45, 2.75) is 334 Å². The second kappa shape index (κ2) is 73.7. The summed E-state index contributed by atoms with van der Waals surface area (Å²) in [6.07, 6.45) is 87.1. The lowest BCUT2D eigenvalue weighted by Crippen LogP contribution is -2.30. The lowest BCUT2D eigenvalue weighted by Gasteiger charge is -2.21. The van der Waals surface area contributed by atoms with Gasteiger partial charge in [-0.3, -0.25) is 32.5 Å². The Bertz CT molecular complexity index is 2290. The fourth-order valence-corrected chi connectivity index (χ4v) is 11.9. The van der Waals surface area contributed by atoms with Crippen LogP contribution in [0.3, 0.4) is 0 Å². The third-order valence-corrected chi connectivity index (χ3v) is 18.1. The number of hydrogen-bond donors (Lipinski definition) is 4. The average molecular weight is 1430 g/mol. The van der Waals surface area contributed by atoms with Crippen LogP contribution in [0.25, 0.3) is 0 Å². The summed E-state index contributed by atoms with van der Waals surface area (Å²) in [6, 6.07) is 0. The summed E-state index contributed by atoms with van der Waals surface area (Å²) >= 11 is 0. The van der Waals surface area contributed by atoms with Crippen LogP contribution in [0.2, 0.25) is 0 Å². The highest BCUT2D eigenvalue weighted by Crippen LogP contribution is 2.45. The van der Waals surface area contributed by atoms with E-state index in [-0.39, 0.29) is 19.3 Å². The van der Waals surface area contributed by atoms with Gasteiger partial charge in [0, 0.05) is 19.3 Å². The topological polar surface area (TPSA) is 231 Å². The summed E-state index contributed by atoms with van der Waals surface area (Å²) in [6.45, 7) is 2.40. The molecule has 0 amide bonds. The van der Waals surface area contributed by atoms with Crippen LogP contribution < -0.4 is 0 Å². The lowest BCUT2D eigenvalue weighted by atomic mass is 10.0. The van der Waals surface area contributed by atoms with Crippen molar-refractivity contribution in [3.05, 3.63) is 122 Å². The molecule has 0 fully saturated rings. The third kappa shape index (κ3) is 74.9. The highest BCUT2D eigenvalue weighted by Gasteiger charge is 2.29. The number of ether oxygens (including phenoxy) is 3. The summed E-state index contributed by atoms with van der Waals surface area (Å²) in [5.74, 6) is -1.59. The number of hydrogen-bond acceptors (Lipinski definition) is 14. The van der Waals surface area contributed by atoms with E-state index in [1.54, 1.807) is 0 Å². The molecule has 16 nitrogen and oxygen atoms in total. The van der Waals surface area contributed by atoms with Crippen LogP contribution in [0.4, 0.5) is 0 Å². The number of unbranched alkanes of at least 4 members (excludes halogenated alkanes) is 30. The molecule has 5 atom stereocenters. The van der Waals surface area contributed by atoms with Crippen molar-refractivity contribution in [3.63, 3.8) is 0 Å². The highest BCUT2D eigenvalue weighted by atomic mass is 31.2. The predicted molar refractivity (Wildman–Crippen MR) is 408 cm³/mol. The summed E-state index contributed by atoms with van der Waals surface area (Å²) in [5.41, 5.74) is 0. The van der Waals surface area contributed by atoms with Gasteiger partial charge in [0.15, 0.2) is 6.10 Å². The van der Waals surface area contributed by atoms with Crippen molar-refractivity contribution >= 4 is 33.6 Å². The molecule has 99 heavy (non-hydrogen) atoms. The van der Waals surface area contributed by atoms with Crippen molar-refractivity contribution in [1.82, 2.24) is 0 Å². The number of rotatable bonds is 73. The zero-order chi connectivity index (χ0) is 72.3. The van der Waals surface area contributed by atoms with Crippen molar-refractivity contribution in [2.24, 2.45) is 0 Å². The molecule has 0 spiro atoms. The highest BCUT2D eigenvalue weighted by molar-refractivity contribution is 7.47. The van der Waals surface area contributed by atoms with Crippen LogP contribution in [0, 0.1) is 0 Å². The molecular formula is C81H140O16P2. The molecule has 0 aromatic carbocycles. The molecular weight excluding hydrogens is 1290 g/mol. The summed E-state index contributed by atoms with van der Waals surface area (Å²) < 4.78 is 61.0. The Hall–Kier alpha value is -4.05. The molecule has 18 heteroatoms. The van der Waals surface area contributed by atoms with Crippen LogP contribution in [-0.2, 0) is 55.8 Å². The fraction of sp³-hybridized carbons (Fsp3) is 0.716. The van der Waals surface area contributed by atoms with Crippen molar-refractivity contribution in [1.29, 1.82) is 0 Å². The van der Waals surface area contributed by atoms with Gasteiger partial charge in [-0.25, -0.2) is 9.13 Å². The Morgan fingerprint density at radius 3 is 0.859 bits per heavy atom. The van der Waals surface area contributed by atoms with Crippen molar-refractivity contribution < 1.29 is 75.8 Å². The molecule has 570 valence electrons. The molecule has 0 aliphatic heterocycles. The standard InChI is InChI=1S/C81H140O16P2/c1-4-7-10-13-16-19-22-24-26-28-29-30-31-32-33-34-35-36-37-38-39-40-41-42-43-44-45-47-49-50-53-55-58-61-64-67-79(84)91-70-76(82)71-93-98(87,88)94-72-77(83)73-95-99(89,90)96-75-78(97-81(86)69-66-63-60-57-52-21-18-15-12-9-6-3)74-92-80(85)68-65-62-59-56-54-51-48-46-27-25-23-20-17-14-11-8-5-2/h7-8,10-11,15-20,24-27,29-30,32-33,35-36,76-78,82-83H,4-6,9,12-14,21-23,28,31,34,37-75H2,1-3H3,(H,87,88)(H,89,90)/b10-7-,11-8-,18-15-,19-16-,20-17-,26-24-,27-25-,30-29-,33-32-,36-35-. The number of aliphatic hydroxyl groups excluding tert-OH is 2. The first-order chi connectivity index (χ1) is 48.2. The Labute approximate surface area is 602 Å². The maximum Gasteiger partial charge on any atom is 0.472 e. The van der Waals surface area contributed by atoms with E-state index in [1.165, 1.54) is 96.3 Å². The van der Waals surface area contributed by atoms with Crippen molar-refractivity contribution in [3.8, 4) is 0 Å².